The van der Waals surface area contributed by atoms with Crippen LogP contribution in [0.15, 0.2) is 29.4 Å². The topological polar surface area (TPSA) is 48.8 Å². The summed E-state index contributed by atoms with van der Waals surface area (Å²) >= 11 is 0. The molecule has 0 amide bonds. The minimum absolute atomic E-state index is 0.460. The van der Waals surface area contributed by atoms with E-state index in [0.717, 1.165) is 11.5 Å². The van der Waals surface area contributed by atoms with Gasteiger partial charge in [-0.25, -0.2) is 0 Å². The summed E-state index contributed by atoms with van der Waals surface area (Å²) in [7, 11) is 0. The molecule has 1 aliphatic carbocycles. The molecule has 0 N–H and O–H groups in total. The lowest BCUT2D eigenvalue weighted by molar-refractivity contribution is 0.443. The van der Waals surface area contributed by atoms with Crippen molar-refractivity contribution in [3.05, 3.63) is 45.8 Å². The first-order valence-corrected chi connectivity index (χ1v) is 6.00. The number of nitrogens with zero attached hydrogens (tertiary/aromatic N) is 3. The van der Waals surface area contributed by atoms with E-state index in [1.807, 2.05) is 0 Å². The van der Waals surface area contributed by atoms with Gasteiger partial charge in [-0.2, -0.15) is 0 Å². The van der Waals surface area contributed by atoms with Gasteiger partial charge in [0.05, 0.1) is 6.54 Å². The summed E-state index contributed by atoms with van der Waals surface area (Å²) in [6, 6.07) is 8.55. The molecule has 2 rings (SSSR count). The van der Waals surface area contributed by atoms with E-state index in [-0.39, 0.29) is 0 Å². The van der Waals surface area contributed by atoms with Crippen LogP contribution in [0.25, 0.3) is 10.4 Å². The second-order valence-corrected chi connectivity index (χ2v) is 4.47. The van der Waals surface area contributed by atoms with Crippen LogP contribution in [0, 0.1) is 0 Å². The lowest BCUT2D eigenvalue weighted by atomic mass is 9.84. The predicted molar refractivity (Wildman–Crippen MR) is 65.1 cm³/mol. The van der Waals surface area contributed by atoms with Crippen LogP contribution in [0.1, 0.15) is 49.1 Å². The molecule has 0 unspecified atom stereocenters. The van der Waals surface area contributed by atoms with Gasteiger partial charge in [-0.15, -0.1) is 0 Å². The highest BCUT2D eigenvalue weighted by Crippen LogP contribution is 2.32. The Labute approximate surface area is 96.1 Å². The van der Waals surface area contributed by atoms with E-state index in [1.165, 1.54) is 37.7 Å². The summed E-state index contributed by atoms with van der Waals surface area (Å²) in [5.41, 5.74) is 10.8. The molecule has 0 saturated heterocycles. The zero-order valence-electron chi connectivity index (χ0n) is 9.47. The maximum Gasteiger partial charge on any atom is 0.0510 e. The van der Waals surface area contributed by atoms with Crippen LogP contribution in [0.2, 0.25) is 0 Å². The van der Waals surface area contributed by atoms with Crippen molar-refractivity contribution in [2.75, 3.05) is 0 Å². The number of benzene rings is 1. The fourth-order valence-corrected chi connectivity index (χ4v) is 2.44. The first-order chi connectivity index (χ1) is 7.90. The summed E-state index contributed by atoms with van der Waals surface area (Å²) < 4.78 is 0. The number of hydrogen-bond acceptors (Lipinski definition) is 1. The summed E-state index contributed by atoms with van der Waals surface area (Å²) in [5, 5.41) is 3.56. The zero-order valence-corrected chi connectivity index (χ0v) is 9.47. The average molecular weight is 215 g/mol. The Bertz CT molecular complexity index is 371. The van der Waals surface area contributed by atoms with Gasteiger partial charge in [-0.05, 0) is 35.4 Å². The lowest BCUT2D eigenvalue weighted by Gasteiger charge is -2.22. The number of azide groups is 1. The van der Waals surface area contributed by atoms with Crippen LogP contribution < -0.4 is 0 Å². The molecule has 16 heavy (non-hydrogen) atoms. The van der Waals surface area contributed by atoms with Gasteiger partial charge in [0.2, 0.25) is 0 Å². The Morgan fingerprint density at radius 1 is 1.12 bits per heavy atom. The molecule has 0 spiro atoms. The third-order valence-electron chi connectivity index (χ3n) is 3.37. The van der Waals surface area contributed by atoms with Crippen LogP contribution in [0.5, 0.6) is 0 Å². The van der Waals surface area contributed by atoms with Crippen molar-refractivity contribution in [2.24, 2.45) is 5.11 Å². The van der Waals surface area contributed by atoms with Crippen LogP contribution in [-0.4, -0.2) is 0 Å². The first-order valence-electron chi connectivity index (χ1n) is 6.00. The standard InChI is InChI=1S/C13H17N3/c14-16-15-10-11-6-8-13(9-7-11)12-4-2-1-3-5-12/h6-9,12H,1-5,10H2. The van der Waals surface area contributed by atoms with E-state index in [9.17, 15) is 0 Å². The molecule has 3 nitrogen and oxygen atoms in total. The monoisotopic (exact) mass is 215 g/mol. The number of hydrogen-bond donors (Lipinski definition) is 0. The molecule has 0 bridgehead atoms. The lowest BCUT2D eigenvalue weighted by Crippen LogP contribution is -2.04. The van der Waals surface area contributed by atoms with E-state index in [0.29, 0.717) is 6.54 Å². The number of rotatable bonds is 3. The van der Waals surface area contributed by atoms with Gasteiger partial charge in [0.1, 0.15) is 0 Å². The maximum absolute atomic E-state index is 8.24. The molecule has 0 atom stereocenters. The largest absolute Gasteiger partial charge is 0.0893 e. The van der Waals surface area contributed by atoms with Crippen molar-refractivity contribution in [1.82, 2.24) is 0 Å². The molecular formula is C13H17N3. The Morgan fingerprint density at radius 3 is 2.44 bits per heavy atom. The molecule has 84 valence electrons. The van der Waals surface area contributed by atoms with E-state index in [1.54, 1.807) is 0 Å². The molecule has 0 radical (unpaired) electrons. The maximum atomic E-state index is 8.24. The SMILES string of the molecule is [N-]=[N+]=NCc1ccc(C2CCCCC2)cc1. The van der Waals surface area contributed by atoms with Gasteiger partial charge in [-0.1, -0.05) is 48.6 Å². The van der Waals surface area contributed by atoms with Gasteiger partial charge in [0.15, 0.2) is 0 Å². The van der Waals surface area contributed by atoms with E-state index >= 15 is 0 Å². The minimum atomic E-state index is 0.460. The summed E-state index contributed by atoms with van der Waals surface area (Å²) in [5.74, 6) is 0.752. The average Bonchev–Trinajstić information content (AvgIpc) is 2.38. The van der Waals surface area contributed by atoms with Crippen LogP contribution in [-0.2, 0) is 6.54 Å². The van der Waals surface area contributed by atoms with Gasteiger partial charge in [0, 0.05) is 4.91 Å². The van der Waals surface area contributed by atoms with Crippen molar-refractivity contribution in [1.29, 1.82) is 0 Å². The molecular weight excluding hydrogens is 198 g/mol. The summed E-state index contributed by atoms with van der Waals surface area (Å²) in [6.45, 7) is 0.460. The molecule has 1 aliphatic rings. The van der Waals surface area contributed by atoms with Crippen molar-refractivity contribution in [2.45, 2.75) is 44.6 Å². The van der Waals surface area contributed by atoms with Gasteiger partial charge < -0.3 is 0 Å². The predicted octanol–water partition coefficient (Wildman–Crippen LogP) is 4.54. The minimum Gasteiger partial charge on any atom is -0.0893 e. The van der Waals surface area contributed by atoms with Crippen LogP contribution in [0.4, 0.5) is 0 Å². The van der Waals surface area contributed by atoms with Crippen LogP contribution >= 0.6 is 0 Å². The van der Waals surface area contributed by atoms with E-state index in [4.69, 9.17) is 5.53 Å². The first kappa shape index (κ1) is 11.0. The van der Waals surface area contributed by atoms with Crippen LogP contribution in [0.3, 0.4) is 0 Å². The van der Waals surface area contributed by atoms with Gasteiger partial charge in [0.25, 0.3) is 0 Å². The third kappa shape index (κ3) is 2.77. The molecule has 1 aromatic carbocycles. The Balaban J connectivity index is 2.03. The smallest absolute Gasteiger partial charge is 0.0510 e. The quantitative estimate of drug-likeness (QED) is 0.403. The Hall–Kier alpha value is -1.47. The molecule has 1 saturated carbocycles. The second kappa shape index (κ2) is 5.57. The Morgan fingerprint density at radius 2 is 1.81 bits per heavy atom. The fourth-order valence-electron chi connectivity index (χ4n) is 2.44. The molecule has 3 heteroatoms. The molecule has 0 aliphatic heterocycles. The van der Waals surface area contributed by atoms with E-state index in [2.05, 4.69) is 34.3 Å². The zero-order chi connectivity index (χ0) is 11.2. The van der Waals surface area contributed by atoms with Crippen molar-refractivity contribution in [3.63, 3.8) is 0 Å². The molecule has 1 aromatic rings. The highest BCUT2D eigenvalue weighted by Gasteiger charge is 2.14. The van der Waals surface area contributed by atoms with Crippen molar-refractivity contribution < 1.29 is 0 Å². The molecule has 1 fully saturated rings. The van der Waals surface area contributed by atoms with E-state index < -0.39 is 0 Å². The highest BCUT2D eigenvalue weighted by atomic mass is 15.1. The second-order valence-electron chi connectivity index (χ2n) is 4.47. The normalized spacial score (nSPS) is 16.8. The van der Waals surface area contributed by atoms with Gasteiger partial charge >= 0.3 is 0 Å². The molecule has 0 heterocycles. The Kier molecular flexibility index (Phi) is 3.84. The molecule has 0 aromatic heterocycles. The van der Waals surface area contributed by atoms with Gasteiger partial charge in [-0.3, -0.25) is 0 Å². The summed E-state index contributed by atoms with van der Waals surface area (Å²) in [6.07, 6.45) is 6.78. The van der Waals surface area contributed by atoms with Crippen molar-refractivity contribution in [3.8, 4) is 0 Å². The third-order valence-corrected chi connectivity index (χ3v) is 3.37. The fraction of sp³-hybridized carbons (Fsp3) is 0.538. The highest BCUT2D eigenvalue weighted by molar-refractivity contribution is 5.25. The summed E-state index contributed by atoms with van der Waals surface area (Å²) in [4.78, 5) is 2.77. The van der Waals surface area contributed by atoms with Crippen molar-refractivity contribution >= 4 is 0 Å².